The van der Waals surface area contributed by atoms with Gasteiger partial charge in [-0.3, -0.25) is 9.59 Å². The number of ether oxygens (including phenoxy) is 1. The van der Waals surface area contributed by atoms with Gasteiger partial charge in [0.25, 0.3) is 0 Å². The van der Waals surface area contributed by atoms with E-state index in [1.807, 2.05) is 24.3 Å². The monoisotopic (exact) mass is 370 g/mol. The molecular formula is C21H23FN2O3. The van der Waals surface area contributed by atoms with Crippen LogP contribution in [0.4, 0.5) is 10.1 Å². The summed E-state index contributed by atoms with van der Waals surface area (Å²) in [6, 6.07) is 13.4. The molecule has 2 amide bonds. The van der Waals surface area contributed by atoms with E-state index in [0.29, 0.717) is 31.7 Å². The Morgan fingerprint density at radius 2 is 1.85 bits per heavy atom. The molecule has 0 N–H and O–H groups in total. The Hall–Kier alpha value is -2.89. The number of halogens is 1. The molecule has 3 rings (SSSR count). The van der Waals surface area contributed by atoms with Crippen LogP contribution < -0.4 is 9.64 Å². The maximum absolute atomic E-state index is 12.9. The van der Waals surface area contributed by atoms with E-state index in [1.165, 1.54) is 12.1 Å². The molecule has 1 aliphatic heterocycles. The van der Waals surface area contributed by atoms with Crippen LogP contribution in [0.5, 0.6) is 5.75 Å². The van der Waals surface area contributed by atoms with E-state index in [2.05, 4.69) is 0 Å². The van der Waals surface area contributed by atoms with Gasteiger partial charge in [-0.1, -0.05) is 12.1 Å². The van der Waals surface area contributed by atoms with Crippen LogP contribution in [0.3, 0.4) is 0 Å². The summed E-state index contributed by atoms with van der Waals surface area (Å²) in [5.74, 6) is 0.404. The topological polar surface area (TPSA) is 49.9 Å². The van der Waals surface area contributed by atoms with E-state index in [9.17, 15) is 14.0 Å². The van der Waals surface area contributed by atoms with E-state index >= 15 is 0 Å². The molecule has 27 heavy (non-hydrogen) atoms. The quantitative estimate of drug-likeness (QED) is 0.753. The highest BCUT2D eigenvalue weighted by Crippen LogP contribution is 2.21. The minimum Gasteiger partial charge on any atom is -0.492 e. The van der Waals surface area contributed by atoms with Crippen LogP contribution >= 0.6 is 0 Å². The molecule has 1 saturated heterocycles. The van der Waals surface area contributed by atoms with Crippen molar-refractivity contribution in [3.63, 3.8) is 0 Å². The van der Waals surface area contributed by atoms with Crippen molar-refractivity contribution < 1.29 is 18.7 Å². The third kappa shape index (κ3) is 5.06. The van der Waals surface area contributed by atoms with Crippen LogP contribution in [-0.4, -0.2) is 43.5 Å². The third-order valence-electron chi connectivity index (χ3n) is 4.61. The summed E-state index contributed by atoms with van der Waals surface area (Å²) in [5, 5.41) is 0. The molecule has 0 aliphatic carbocycles. The van der Waals surface area contributed by atoms with Gasteiger partial charge in [-0.2, -0.15) is 0 Å². The van der Waals surface area contributed by atoms with Gasteiger partial charge in [0.1, 0.15) is 18.2 Å². The molecule has 0 saturated carbocycles. The van der Waals surface area contributed by atoms with Crippen LogP contribution in [0.2, 0.25) is 0 Å². The van der Waals surface area contributed by atoms with Crippen LogP contribution in [0.1, 0.15) is 18.4 Å². The highest BCUT2D eigenvalue weighted by molar-refractivity contribution is 5.95. The fourth-order valence-corrected chi connectivity index (χ4v) is 2.98. The number of hydrogen-bond donors (Lipinski definition) is 0. The van der Waals surface area contributed by atoms with Crippen molar-refractivity contribution in [3.05, 3.63) is 59.9 Å². The highest BCUT2D eigenvalue weighted by atomic mass is 19.1. The molecule has 2 aromatic carbocycles. The largest absolute Gasteiger partial charge is 0.492 e. The standard InChI is InChI=1S/C21H23FN2O3/c1-23(13-14-27-19-10-6-17(22)7-11-19)21(26)15-16-4-8-18(9-5-16)24-12-2-3-20(24)25/h4-11H,2-3,12-15H2,1H3. The Kier molecular flexibility index (Phi) is 6.06. The maximum atomic E-state index is 12.9. The molecule has 1 aliphatic rings. The van der Waals surface area contributed by atoms with E-state index in [0.717, 1.165) is 24.2 Å². The van der Waals surface area contributed by atoms with Gasteiger partial charge in [0.2, 0.25) is 11.8 Å². The van der Waals surface area contributed by atoms with Gasteiger partial charge in [-0.25, -0.2) is 4.39 Å². The minimum atomic E-state index is -0.310. The average molecular weight is 370 g/mol. The number of rotatable bonds is 7. The van der Waals surface area contributed by atoms with Crippen LogP contribution in [0, 0.1) is 5.82 Å². The molecule has 0 spiro atoms. The van der Waals surface area contributed by atoms with Crippen LogP contribution in [0.25, 0.3) is 0 Å². The first-order chi connectivity index (χ1) is 13.0. The normalized spacial score (nSPS) is 13.7. The smallest absolute Gasteiger partial charge is 0.227 e. The number of hydrogen-bond acceptors (Lipinski definition) is 3. The van der Waals surface area contributed by atoms with Gasteiger partial charge in [0.05, 0.1) is 13.0 Å². The number of carbonyl (C=O) groups excluding carboxylic acids is 2. The number of likely N-dealkylation sites (N-methyl/N-ethyl adjacent to an activating group) is 1. The van der Waals surface area contributed by atoms with E-state index in [1.54, 1.807) is 29.0 Å². The van der Waals surface area contributed by atoms with E-state index < -0.39 is 0 Å². The second-order valence-electron chi connectivity index (χ2n) is 6.61. The summed E-state index contributed by atoms with van der Waals surface area (Å²) in [5.41, 5.74) is 1.79. The van der Waals surface area contributed by atoms with Crippen LogP contribution in [0.15, 0.2) is 48.5 Å². The van der Waals surface area contributed by atoms with Gasteiger partial charge in [-0.05, 0) is 48.4 Å². The van der Waals surface area contributed by atoms with Crippen molar-refractivity contribution in [2.45, 2.75) is 19.3 Å². The number of anilines is 1. The molecule has 6 heteroatoms. The molecule has 0 aromatic heterocycles. The van der Waals surface area contributed by atoms with Gasteiger partial charge in [0, 0.05) is 25.7 Å². The van der Waals surface area contributed by atoms with Gasteiger partial charge >= 0.3 is 0 Å². The SMILES string of the molecule is CN(CCOc1ccc(F)cc1)C(=O)Cc1ccc(N2CCCC2=O)cc1. The number of carbonyl (C=O) groups is 2. The molecule has 1 heterocycles. The predicted molar refractivity (Wildman–Crippen MR) is 101 cm³/mol. The summed E-state index contributed by atoms with van der Waals surface area (Å²) in [7, 11) is 1.73. The minimum absolute atomic E-state index is 0.0114. The van der Waals surface area contributed by atoms with Gasteiger partial charge in [-0.15, -0.1) is 0 Å². The number of benzene rings is 2. The zero-order chi connectivity index (χ0) is 19.2. The van der Waals surface area contributed by atoms with Gasteiger partial charge < -0.3 is 14.5 Å². The first-order valence-corrected chi connectivity index (χ1v) is 9.04. The van der Waals surface area contributed by atoms with E-state index in [-0.39, 0.29) is 17.6 Å². The second kappa shape index (κ2) is 8.66. The zero-order valence-corrected chi connectivity index (χ0v) is 15.4. The molecule has 142 valence electrons. The van der Waals surface area contributed by atoms with E-state index in [4.69, 9.17) is 4.74 Å². The van der Waals surface area contributed by atoms with Gasteiger partial charge in [0.15, 0.2) is 0 Å². The average Bonchev–Trinajstić information content (AvgIpc) is 3.10. The van der Waals surface area contributed by atoms with Crippen molar-refractivity contribution in [1.82, 2.24) is 4.90 Å². The Labute approximate surface area is 158 Å². The van der Waals surface area contributed by atoms with Crippen LogP contribution in [-0.2, 0) is 16.0 Å². The third-order valence-corrected chi connectivity index (χ3v) is 4.61. The second-order valence-corrected chi connectivity index (χ2v) is 6.61. The predicted octanol–water partition coefficient (Wildman–Crippen LogP) is 3.03. The lowest BCUT2D eigenvalue weighted by Crippen LogP contribution is -2.32. The Morgan fingerprint density at radius 3 is 2.48 bits per heavy atom. The lowest BCUT2D eigenvalue weighted by atomic mass is 10.1. The summed E-state index contributed by atoms with van der Waals surface area (Å²) in [4.78, 5) is 27.5. The fourth-order valence-electron chi connectivity index (χ4n) is 2.98. The first kappa shape index (κ1) is 18.9. The zero-order valence-electron chi connectivity index (χ0n) is 15.4. The molecule has 5 nitrogen and oxygen atoms in total. The number of nitrogens with zero attached hydrogens (tertiary/aromatic N) is 2. The molecule has 0 bridgehead atoms. The molecular weight excluding hydrogens is 347 g/mol. The molecule has 2 aromatic rings. The lowest BCUT2D eigenvalue weighted by molar-refractivity contribution is -0.129. The summed E-state index contributed by atoms with van der Waals surface area (Å²) in [6.45, 7) is 1.54. The van der Waals surface area contributed by atoms with Crippen molar-refractivity contribution in [3.8, 4) is 5.75 Å². The first-order valence-electron chi connectivity index (χ1n) is 9.04. The highest BCUT2D eigenvalue weighted by Gasteiger charge is 2.21. The summed E-state index contributed by atoms with van der Waals surface area (Å²) < 4.78 is 18.4. The molecule has 0 unspecified atom stereocenters. The number of amides is 2. The summed E-state index contributed by atoms with van der Waals surface area (Å²) >= 11 is 0. The van der Waals surface area contributed by atoms with Crippen molar-refractivity contribution in [2.24, 2.45) is 0 Å². The molecule has 0 atom stereocenters. The van der Waals surface area contributed by atoms with Crippen molar-refractivity contribution in [1.29, 1.82) is 0 Å². The maximum Gasteiger partial charge on any atom is 0.227 e. The molecule has 0 radical (unpaired) electrons. The summed E-state index contributed by atoms with van der Waals surface area (Å²) in [6.07, 6.45) is 1.79. The Morgan fingerprint density at radius 1 is 1.15 bits per heavy atom. The molecule has 1 fully saturated rings. The lowest BCUT2D eigenvalue weighted by Gasteiger charge is -2.18. The Bertz CT molecular complexity index is 790. The van der Waals surface area contributed by atoms with Crippen molar-refractivity contribution >= 4 is 17.5 Å². The van der Waals surface area contributed by atoms with Crippen molar-refractivity contribution in [2.75, 3.05) is 31.6 Å². The Balaban J connectivity index is 1.46. The fraction of sp³-hybridized carbons (Fsp3) is 0.333.